The molecule has 0 amide bonds. The van der Waals surface area contributed by atoms with E-state index in [0.29, 0.717) is 0 Å². The van der Waals surface area contributed by atoms with Crippen molar-refractivity contribution < 1.29 is 0 Å². The van der Waals surface area contributed by atoms with Gasteiger partial charge in [0.15, 0.2) is 17.4 Å². The molecule has 0 fully saturated rings. The number of hydrogen-bond acceptors (Lipinski definition) is 0. The van der Waals surface area contributed by atoms with Gasteiger partial charge in [0.25, 0.3) is 0 Å². The van der Waals surface area contributed by atoms with Crippen LogP contribution in [0.1, 0.15) is 0 Å². The first-order valence-corrected chi connectivity index (χ1v) is 2.73. The Hall–Kier alpha value is 0.949. The smallest absolute Gasteiger partial charge is 0.0454 e. The van der Waals surface area contributed by atoms with Crippen LogP contribution < -0.4 is 0 Å². The monoisotopic (exact) mass is 186 g/mol. The molecule has 0 aromatic carbocycles. The predicted octanol–water partition coefficient (Wildman–Crippen LogP) is -0.650. The Balaban J connectivity index is 0. The van der Waals surface area contributed by atoms with Gasteiger partial charge in [-0.05, 0) is 11.6 Å². The second-order valence-corrected chi connectivity index (χ2v) is 1.88. The quantitative estimate of drug-likeness (QED) is 0.473. The fraction of sp³-hybridized carbons (Fsp3) is 0. The van der Waals surface area contributed by atoms with Crippen molar-refractivity contribution in [3.63, 3.8) is 0 Å². The summed E-state index contributed by atoms with van der Waals surface area (Å²) in [5.74, 6) is 4.31. The van der Waals surface area contributed by atoms with Crippen LogP contribution in [0.5, 0.6) is 0 Å². The van der Waals surface area contributed by atoms with Gasteiger partial charge in [0.2, 0.25) is 0 Å². The van der Waals surface area contributed by atoms with Gasteiger partial charge < -0.3 is 0 Å². The van der Waals surface area contributed by atoms with Crippen LogP contribution in [-0.4, -0.2) is 37.2 Å². The third-order valence-electron chi connectivity index (χ3n) is 0.496. The Morgan fingerprint density at radius 3 is 1.57 bits per heavy atom. The Bertz CT molecular complexity index is 68.2. The molecule has 0 aliphatic carbocycles. The third-order valence-corrected chi connectivity index (χ3v) is 1.27. The summed E-state index contributed by atoms with van der Waals surface area (Å²) in [6.07, 6.45) is 0. The average Bonchev–Trinajstić information content (AvgIpc) is 1.76. The van der Waals surface area contributed by atoms with E-state index in [2.05, 4.69) is 23.7 Å². The summed E-state index contributed by atoms with van der Waals surface area (Å²) in [4.78, 5) is 0. The summed E-state index contributed by atoms with van der Waals surface area (Å²) in [6.45, 7) is 0. The van der Waals surface area contributed by atoms with Gasteiger partial charge in [-0.15, -0.1) is 8.19 Å². The maximum atomic E-state index is 2.15. The zero-order chi connectivity index (χ0) is 3.54. The maximum Gasteiger partial charge on any atom is -0.0454 e. The van der Waals surface area contributed by atoms with E-state index in [9.17, 15) is 0 Å². The van der Waals surface area contributed by atoms with E-state index in [-0.39, 0.29) is 37.2 Å². The minimum atomic E-state index is 0. The van der Waals surface area contributed by atoms with Crippen LogP contribution in [0.15, 0.2) is 23.7 Å². The predicted molar refractivity (Wildman–Crippen MR) is 45.8 cm³/mol. The normalized spacial score (nSPS) is 5.71. The van der Waals surface area contributed by atoms with Gasteiger partial charge in [-0.3, -0.25) is 0 Å². The molecule has 0 radical (unpaired) electrons. The van der Waals surface area contributed by atoms with Crippen molar-refractivity contribution in [3.05, 3.63) is 23.7 Å². The van der Waals surface area contributed by atoms with Crippen LogP contribution in [0.3, 0.4) is 0 Å². The van der Waals surface area contributed by atoms with Crippen LogP contribution in [0.4, 0.5) is 0 Å². The molecule has 7 heavy (non-hydrogen) atoms. The minimum absolute atomic E-state index is 0. The molecule has 0 aliphatic heterocycles. The molecule has 0 spiro atoms. The molecule has 1 rings (SSSR count). The SMILES string of the molecule is [AlH3].[GaH3].c1cc[pH]c1. The van der Waals surface area contributed by atoms with E-state index < -0.39 is 0 Å². The van der Waals surface area contributed by atoms with Crippen molar-refractivity contribution in [1.82, 2.24) is 0 Å². The summed E-state index contributed by atoms with van der Waals surface area (Å²) >= 11 is 0. The summed E-state index contributed by atoms with van der Waals surface area (Å²) in [6, 6.07) is 4.14. The minimum Gasteiger partial charge on any atom is -0.140 e. The van der Waals surface area contributed by atoms with Crippen molar-refractivity contribution in [2.75, 3.05) is 0 Å². The van der Waals surface area contributed by atoms with Crippen molar-refractivity contribution >= 4 is 45.3 Å². The third kappa shape index (κ3) is 4.81. The zero-order valence-electron chi connectivity index (χ0n) is 2.81. The van der Waals surface area contributed by atoms with Gasteiger partial charge in [-0.1, -0.05) is 12.1 Å². The van der Waals surface area contributed by atoms with Crippen molar-refractivity contribution in [2.45, 2.75) is 0 Å². The molecule has 3 heteroatoms. The van der Waals surface area contributed by atoms with Gasteiger partial charge in [-0.25, -0.2) is 0 Å². The molecule has 0 nitrogen and oxygen atoms in total. The first-order valence-electron chi connectivity index (χ1n) is 1.58. The van der Waals surface area contributed by atoms with E-state index in [0.717, 1.165) is 8.19 Å². The van der Waals surface area contributed by atoms with E-state index in [1.165, 1.54) is 0 Å². The van der Waals surface area contributed by atoms with Crippen LogP contribution in [0.25, 0.3) is 0 Å². The molecular formula is C4H11AlGaP. The summed E-state index contributed by atoms with van der Waals surface area (Å²) < 4.78 is 0. The summed E-state index contributed by atoms with van der Waals surface area (Å²) in [5, 5.41) is 0. The molecule has 0 bridgehead atoms. The Morgan fingerprint density at radius 2 is 1.43 bits per heavy atom. The van der Waals surface area contributed by atoms with Crippen molar-refractivity contribution in [1.29, 1.82) is 0 Å². The number of hydrogen-bond donors (Lipinski definition) is 0. The average molecular weight is 187 g/mol. The first-order chi connectivity index (χ1) is 2.50. The van der Waals surface area contributed by atoms with E-state index >= 15 is 0 Å². The molecule has 1 heterocycles. The Labute approximate surface area is 69.0 Å². The first kappa shape index (κ1) is 10.8. The van der Waals surface area contributed by atoms with Gasteiger partial charge >= 0.3 is 19.8 Å². The number of rotatable bonds is 0. The molecule has 0 atom stereocenters. The maximum absolute atomic E-state index is 2.15. The zero-order valence-corrected chi connectivity index (χ0v) is 3.81. The molecule has 0 saturated heterocycles. The fourth-order valence-electron chi connectivity index (χ4n) is 0.278. The molecule has 1 aromatic heterocycles. The second-order valence-electron chi connectivity index (χ2n) is 0.885. The largest absolute Gasteiger partial charge is 0.140 e. The molecule has 0 N–H and O–H groups in total. The van der Waals surface area contributed by atoms with Gasteiger partial charge in [0.1, 0.15) is 0 Å². The van der Waals surface area contributed by atoms with Gasteiger partial charge in [-0.2, -0.15) is 0 Å². The summed E-state index contributed by atoms with van der Waals surface area (Å²) in [5.41, 5.74) is 0. The van der Waals surface area contributed by atoms with Crippen LogP contribution in [0, 0.1) is 0 Å². The van der Waals surface area contributed by atoms with E-state index in [1.54, 1.807) is 0 Å². The van der Waals surface area contributed by atoms with Crippen LogP contribution in [0.2, 0.25) is 0 Å². The topological polar surface area (TPSA) is 0 Å². The molecular weight excluding hydrogens is 176 g/mol. The van der Waals surface area contributed by atoms with Crippen molar-refractivity contribution in [2.24, 2.45) is 0 Å². The van der Waals surface area contributed by atoms with E-state index in [1.807, 2.05) is 0 Å². The fourth-order valence-corrected chi connectivity index (χ4v) is 0.833. The molecule has 0 unspecified atom stereocenters. The molecule has 38 valence electrons. The van der Waals surface area contributed by atoms with Crippen LogP contribution in [-0.2, 0) is 0 Å². The standard InChI is InChI=1S/C4H5P.Al.Ga.6H/c1-2-4-5-3-1;;;;;;;;/h1-5H;;;;;;;;. The van der Waals surface area contributed by atoms with Gasteiger partial charge in [0, 0.05) is 0 Å². The molecule has 1 aromatic rings. The second kappa shape index (κ2) is 6.95. The van der Waals surface area contributed by atoms with Gasteiger partial charge in [0.05, 0.1) is 0 Å². The summed E-state index contributed by atoms with van der Waals surface area (Å²) in [7, 11) is 0.948. The van der Waals surface area contributed by atoms with Crippen LogP contribution >= 0.6 is 8.19 Å². The molecule has 0 aliphatic rings. The Kier molecular flexibility index (Phi) is 10.8. The molecule has 0 saturated carbocycles. The van der Waals surface area contributed by atoms with E-state index in [4.69, 9.17) is 0 Å². The Morgan fingerprint density at radius 1 is 1.00 bits per heavy atom. The van der Waals surface area contributed by atoms with Crippen molar-refractivity contribution in [3.8, 4) is 0 Å².